The fraction of sp³-hybridized carbons (Fsp3) is 0.667. The third-order valence-electron chi connectivity index (χ3n) is 5.01. The monoisotopic (exact) mass is 421 g/mol. The van der Waals surface area contributed by atoms with Crippen LogP contribution in [0.15, 0.2) is 12.4 Å². The molecule has 1 saturated heterocycles. The number of carboxylic acids is 1. The zero-order valence-corrected chi connectivity index (χ0v) is 18.8. The lowest BCUT2D eigenvalue weighted by atomic mass is 9.78. The minimum Gasteiger partial charge on any atom is -0.480 e. The van der Waals surface area contributed by atoms with Gasteiger partial charge in [0.2, 0.25) is 5.91 Å². The van der Waals surface area contributed by atoms with Crippen LogP contribution in [0.5, 0.6) is 6.01 Å². The van der Waals surface area contributed by atoms with Crippen molar-refractivity contribution in [2.45, 2.75) is 72.6 Å². The molecule has 0 radical (unpaired) electrons. The molecular formula is C21H31N3O6. The first-order chi connectivity index (χ1) is 13.6. The number of nitrogens with zero attached hydrogens (tertiary/aromatic N) is 3. The average molecular weight is 421 g/mol. The standard InChI is InChI=1S/C21H31N3O6/c1-19(2,3)16(27)24-13(15(25)26)9-21(7,17(28)30-20(4,5)6)14(24)12-10-22-18(29-8)23-11-12/h10-11,13-14H,9H2,1-8H3,(H,25,26)/t13-,14-,21-/m0/s1. The average Bonchev–Trinajstić information content (AvgIpc) is 2.93. The number of methoxy groups -OCH3 is 1. The van der Waals surface area contributed by atoms with Crippen LogP contribution >= 0.6 is 0 Å². The third-order valence-corrected chi connectivity index (χ3v) is 5.01. The van der Waals surface area contributed by atoms with E-state index in [2.05, 4.69) is 9.97 Å². The first-order valence-electron chi connectivity index (χ1n) is 9.77. The van der Waals surface area contributed by atoms with Crippen molar-refractivity contribution >= 4 is 17.8 Å². The number of likely N-dealkylation sites (tertiary alicyclic amines) is 1. The summed E-state index contributed by atoms with van der Waals surface area (Å²) in [5.74, 6) is -2.14. The van der Waals surface area contributed by atoms with Crippen LogP contribution in [0.25, 0.3) is 0 Å². The lowest BCUT2D eigenvalue weighted by Gasteiger charge is -2.38. The van der Waals surface area contributed by atoms with E-state index in [4.69, 9.17) is 9.47 Å². The molecule has 0 saturated carbocycles. The van der Waals surface area contributed by atoms with Crippen molar-refractivity contribution in [2.75, 3.05) is 7.11 Å². The molecule has 1 fully saturated rings. The van der Waals surface area contributed by atoms with Gasteiger partial charge in [-0.2, -0.15) is 0 Å². The van der Waals surface area contributed by atoms with E-state index in [0.29, 0.717) is 5.56 Å². The highest BCUT2D eigenvalue weighted by molar-refractivity contribution is 5.91. The summed E-state index contributed by atoms with van der Waals surface area (Å²) >= 11 is 0. The van der Waals surface area contributed by atoms with Crippen molar-refractivity contribution in [1.82, 2.24) is 14.9 Å². The number of hydrogen-bond acceptors (Lipinski definition) is 7. The van der Waals surface area contributed by atoms with Gasteiger partial charge in [-0.3, -0.25) is 9.59 Å². The maximum atomic E-state index is 13.3. The third kappa shape index (κ3) is 4.55. The van der Waals surface area contributed by atoms with Crippen LogP contribution in [-0.4, -0.2) is 56.6 Å². The number of esters is 1. The molecule has 0 aromatic carbocycles. The lowest BCUT2D eigenvalue weighted by molar-refractivity contribution is -0.169. The molecule has 9 heteroatoms. The van der Waals surface area contributed by atoms with E-state index in [0.717, 1.165) is 0 Å². The van der Waals surface area contributed by atoms with Crippen molar-refractivity contribution in [3.8, 4) is 6.01 Å². The molecule has 30 heavy (non-hydrogen) atoms. The lowest BCUT2D eigenvalue weighted by Crippen LogP contribution is -2.48. The van der Waals surface area contributed by atoms with Crippen molar-refractivity contribution in [2.24, 2.45) is 10.8 Å². The predicted octanol–water partition coefficient (Wildman–Crippen LogP) is 2.61. The van der Waals surface area contributed by atoms with Gasteiger partial charge in [0.25, 0.3) is 0 Å². The van der Waals surface area contributed by atoms with Crippen LogP contribution in [0.3, 0.4) is 0 Å². The van der Waals surface area contributed by atoms with Crippen molar-refractivity contribution < 1.29 is 29.0 Å². The van der Waals surface area contributed by atoms with Gasteiger partial charge in [0.1, 0.15) is 11.6 Å². The highest BCUT2D eigenvalue weighted by atomic mass is 16.6. The summed E-state index contributed by atoms with van der Waals surface area (Å²) in [5, 5.41) is 9.89. The van der Waals surface area contributed by atoms with Crippen LogP contribution in [0.4, 0.5) is 0 Å². The molecule has 1 N–H and O–H groups in total. The van der Waals surface area contributed by atoms with Gasteiger partial charge < -0.3 is 19.5 Å². The number of amides is 1. The van der Waals surface area contributed by atoms with E-state index in [1.165, 1.54) is 24.4 Å². The van der Waals surface area contributed by atoms with Gasteiger partial charge in [-0.25, -0.2) is 14.8 Å². The van der Waals surface area contributed by atoms with Crippen LogP contribution in [0, 0.1) is 10.8 Å². The fourth-order valence-electron chi connectivity index (χ4n) is 3.64. The molecule has 166 valence electrons. The van der Waals surface area contributed by atoms with Crippen molar-refractivity contribution in [3.05, 3.63) is 18.0 Å². The normalized spacial score (nSPS) is 24.5. The first-order valence-corrected chi connectivity index (χ1v) is 9.77. The Morgan fingerprint density at radius 3 is 2.07 bits per heavy atom. The molecule has 0 aliphatic carbocycles. The minimum atomic E-state index is -1.31. The van der Waals surface area contributed by atoms with Gasteiger partial charge in [-0.1, -0.05) is 20.8 Å². The highest BCUT2D eigenvalue weighted by Gasteiger charge is 2.60. The first kappa shape index (κ1) is 23.6. The number of carbonyl (C=O) groups is 3. The summed E-state index contributed by atoms with van der Waals surface area (Å²) in [6, 6.07) is -1.98. The second-order valence-corrected chi connectivity index (χ2v) is 9.85. The molecule has 9 nitrogen and oxygen atoms in total. The molecule has 1 aromatic heterocycles. The van der Waals surface area contributed by atoms with Gasteiger partial charge >= 0.3 is 17.9 Å². The summed E-state index contributed by atoms with van der Waals surface area (Å²) in [4.78, 5) is 48.2. The number of rotatable bonds is 4. The molecule has 1 aliphatic rings. The molecule has 0 bridgehead atoms. The highest BCUT2D eigenvalue weighted by Crippen LogP contribution is 2.52. The van der Waals surface area contributed by atoms with Gasteiger partial charge in [0.05, 0.1) is 18.6 Å². The number of aromatic nitrogens is 2. The Bertz CT molecular complexity index is 825. The van der Waals surface area contributed by atoms with Gasteiger partial charge in [0.15, 0.2) is 0 Å². The van der Waals surface area contributed by atoms with E-state index in [-0.39, 0.29) is 18.3 Å². The number of carboxylic acid groups (broad SMARTS) is 1. The van der Waals surface area contributed by atoms with E-state index >= 15 is 0 Å². The molecule has 1 aromatic rings. The number of hydrogen-bond donors (Lipinski definition) is 1. The molecule has 2 heterocycles. The largest absolute Gasteiger partial charge is 0.480 e. The van der Waals surface area contributed by atoms with Crippen LogP contribution in [-0.2, 0) is 19.1 Å². The topological polar surface area (TPSA) is 119 Å². The van der Waals surface area contributed by atoms with Gasteiger partial charge in [-0.05, 0) is 34.1 Å². The van der Waals surface area contributed by atoms with Gasteiger partial charge in [0, 0.05) is 23.4 Å². The minimum absolute atomic E-state index is 0.0875. The van der Waals surface area contributed by atoms with Crippen LogP contribution < -0.4 is 4.74 Å². The summed E-state index contributed by atoms with van der Waals surface area (Å²) < 4.78 is 10.6. The second kappa shape index (κ2) is 7.85. The van der Waals surface area contributed by atoms with E-state index in [1.807, 2.05) is 0 Å². The number of aliphatic carboxylic acids is 1. The van der Waals surface area contributed by atoms with Gasteiger partial charge in [-0.15, -0.1) is 0 Å². The SMILES string of the molecule is COc1ncc([C@@H]2N(C(=O)C(C)(C)C)[C@H](C(=O)O)C[C@]2(C)C(=O)OC(C)(C)C)cn1. The summed E-state index contributed by atoms with van der Waals surface area (Å²) in [7, 11) is 1.42. The molecule has 1 amide bonds. The second-order valence-electron chi connectivity index (χ2n) is 9.85. The zero-order chi connectivity index (χ0) is 23.1. The Kier molecular flexibility index (Phi) is 6.16. The molecule has 0 unspecified atom stereocenters. The van der Waals surface area contributed by atoms with Crippen LogP contribution in [0.1, 0.15) is 66.5 Å². The maximum absolute atomic E-state index is 13.3. The quantitative estimate of drug-likeness (QED) is 0.737. The smallest absolute Gasteiger partial charge is 0.326 e. The molecule has 0 spiro atoms. The Hall–Kier alpha value is -2.71. The van der Waals surface area contributed by atoms with Crippen molar-refractivity contribution in [3.63, 3.8) is 0 Å². The number of ether oxygens (including phenoxy) is 2. The van der Waals surface area contributed by atoms with E-state index < -0.39 is 40.5 Å². The number of carbonyl (C=O) groups excluding carboxylic acids is 2. The van der Waals surface area contributed by atoms with Crippen molar-refractivity contribution in [1.29, 1.82) is 0 Å². The Morgan fingerprint density at radius 2 is 1.67 bits per heavy atom. The van der Waals surface area contributed by atoms with E-state index in [9.17, 15) is 19.5 Å². The van der Waals surface area contributed by atoms with Crippen LogP contribution in [0.2, 0.25) is 0 Å². The zero-order valence-electron chi connectivity index (χ0n) is 18.8. The Labute approximate surface area is 176 Å². The summed E-state index contributed by atoms with van der Waals surface area (Å²) in [5.41, 5.74) is -2.51. The predicted molar refractivity (Wildman–Crippen MR) is 108 cm³/mol. The summed E-state index contributed by atoms with van der Waals surface area (Å²) in [6.45, 7) is 12.0. The van der Waals surface area contributed by atoms with E-state index in [1.54, 1.807) is 48.5 Å². The maximum Gasteiger partial charge on any atom is 0.326 e. The summed E-state index contributed by atoms with van der Waals surface area (Å²) in [6.07, 6.45) is 2.81. The molecule has 3 atom stereocenters. The molecule has 2 rings (SSSR count). The molecular weight excluding hydrogens is 390 g/mol. The fourth-order valence-corrected chi connectivity index (χ4v) is 3.64. The Morgan fingerprint density at radius 1 is 1.13 bits per heavy atom. The Balaban J connectivity index is 2.68. The molecule has 1 aliphatic heterocycles.